The van der Waals surface area contributed by atoms with Gasteiger partial charge in [0.15, 0.2) is 11.5 Å². The Morgan fingerprint density at radius 3 is 2.49 bits per heavy atom. The van der Waals surface area contributed by atoms with Gasteiger partial charge in [-0.3, -0.25) is 4.40 Å². The van der Waals surface area contributed by atoms with Crippen LogP contribution in [0, 0.1) is 13.8 Å². The molecule has 4 N–H and O–H groups in total. The van der Waals surface area contributed by atoms with E-state index in [9.17, 15) is 13.5 Å². The number of hydrogen-bond donors (Lipinski definition) is 3. The first kappa shape index (κ1) is 23.5. The molecule has 182 valence electrons. The van der Waals surface area contributed by atoms with Gasteiger partial charge >= 0.3 is 0 Å². The molecule has 0 spiro atoms. The van der Waals surface area contributed by atoms with Gasteiger partial charge < -0.3 is 10.8 Å². The minimum Gasteiger partial charge on any atom is -0.393 e. The van der Waals surface area contributed by atoms with E-state index in [4.69, 9.17) is 5.73 Å². The summed E-state index contributed by atoms with van der Waals surface area (Å²) in [4.78, 5) is 9.19. The van der Waals surface area contributed by atoms with Crippen LogP contribution in [0.5, 0.6) is 0 Å². The summed E-state index contributed by atoms with van der Waals surface area (Å²) in [5, 5.41) is 9.73. The number of imidazole rings is 1. The van der Waals surface area contributed by atoms with Crippen molar-refractivity contribution in [2.45, 2.75) is 56.6 Å². The maximum Gasteiger partial charge on any atom is 0.240 e. The Morgan fingerprint density at radius 2 is 1.77 bits per heavy atom. The molecular formula is C26H29N5O3S. The molecule has 0 atom stereocenters. The van der Waals surface area contributed by atoms with E-state index in [0.29, 0.717) is 42.8 Å². The predicted octanol–water partition coefficient (Wildman–Crippen LogP) is 3.84. The van der Waals surface area contributed by atoms with Crippen molar-refractivity contribution in [3.8, 4) is 22.5 Å². The number of fused-ring (bicyclic) bond motifs is 1. The second-order valence-corrected chi connectivity index (χ2v) is 11.0. The highest BCUT2D eigenvalue weighted by atomic mass is 32.2. The number of hydrogen-bond acceptors (Lipinski definition) is 6. The van der Waals surface area contributed by atoms with Gasteiger partial charge in [0.2, 0.25) is 10.0 Å². The standard InChI is InChI=1S/C26H29N5O3S/c1-16-3-6-18(7-4-16)23-15-31-24(14-28-26(31)25(27)29-23)22-13-21(12-5-17(22)2)35(33,34)30-19-8-10-20(32)11-9-19/h3-7,12-15,19-20,30,32H,8-11H2,1-2H3,(H2,27,29)/t19-,20-. The number of rotatable bonds is 5. The molecule has 0 radical (unpaired) electrons. The zero-order chi connectivity index (χ0) is 24.7. The Balaban J connectivity index is 1.54. The lowest BCUT2D eigenvalue weighted by atomic mass is 9.94. The summed E-state index contributed by atoms with van der Waals surface area (Å²) in [6.07, 6.45) is 5.69. The Bertz CT molecular complexity index is 1490. The zero-order valence-electron chi connectivity index (χ0n) is 19.8. The summed E-state index contributed by atoms with van der Waals surface area (Å²) < 4.78 is 31.0. The third kappa shape index (κ3) is 4.67. The first-order valence-electron chi connectivity index (χ1n) is 11.7. The number of sulfonamides is 1. The third-order valence-corrected chi connectivity index (χ3v) is 8.20. The molecule has 35 heavy (non-hydrogen) atoms. The van der Waals surface area contributed by atoms with Gasteiger partial charge in [0.1, 0.15) is 0 Å². The van der Waals surface area contributed by atoms with Crippen LogP contribution >= 0.6 is 0 Å². The average molecular weight is 492 g/mol. The molecule has 0 amide bonds. The Kier molecular flexibility index (Phi) is 6.08. The molecule has 0 unspecified atom stereocenters. The summed E-state index contributed by atoms with van der Waals surface area (Å²) in [5.74, 6) is 0.303. The van der Waals surface area contributed by atoms with Crippen LogP contribution in [0.1, 0.15) is 36.8 Å². The monoisotopic (exact) mass is 491 g/mol. The van der Waals surface area contributed by atoms with Gasteiger partial charge in [-0.1, -0.05) is 35.9 Å². The highest BCUT2D eigenvalue weighted by Gasteiger charge is 2.25. The molecular weight excluding hydrogens is 462 g/mol. The molecule has 1 saturated carbocycles. The normalized spacial score (nSPS) is 18.7. The van der Waals surface area contributed by atoms with Crippen molar-refractivity contribution in [3.63, 3.8) is 0 Å². The van der Waals surface area contributed by atoms with Crippen molar-refractivity contribution in [3.05, 3.63) is 66.0 Å². The van der Waals surface area contributed by atoms with Crippen LogP contribution in [0.15, 0.2) is 59.8 Å². The highest BCUT2D eigenvalue weighted by Crippen LogP contribution is 2.30. The molecule has 2 aromatic carbocycles. The van der Waals surface area contributed by atoms with E-state index in [1.807, 2.05) is 48.7 Å². The molecule has 9 heteroatoms. The summed E-state index contributed by atoms with van der Waals surface area (Å²) >= 11 is 0. The van der Waals surface area contributed by atoms with Crippen LogP contribution < -0.4 is 10.5 Å². The van der Waals surface area contributed by atoms with Gasteiger partial charge in [0.05, 0.1) is 28.6 Å². The molecule has 8 nitrogen and oxygen atoms in total. The molecule has 1 aliphatic carbocycles. The lowest BCUT2D eigenvalue weighted by Crippen LogP contribution is -2.38. The van der Waals surface area contributed by atoms with Gasteiger partial charge in [-0.15, -0.1) is 0 Å². The van der Waals surface area contributed by atoms with E-state index in [1.165, 1.54) is 0 Å². The first-order chi connectivity index (χ1) is 16.7. The maximum absolute atomic E-state index is 13.2. The number of anilines is 1. The first-order valence-corrected chi connectivity index (χ1v) is 13.2. The van der Waals surface area contributed by atoms with Crippen LogP contribution in [0.25, 0.3) is 28.2 Å². The smallest absolute Gasteiger partial charge is 0.240 e. The van der Waals surface area contributed by atoms with Crippen LogP contribution in [0.4, 0.5) is 5.82 Å². The largest absolute Gasteiger partial charge is 0.393 e. The van der Waals surface area contributed by atoms with E-state index < -0.39 is 10.0 Å². The Hall–Kier alpha value is -3.27. The van der Waals surface area contributed by atoms with Crippen LogP contribution in [0.2, 0.25) is 0 Å². The van der Waals surface area contributed by atoms with Crippen molar-refractivity contribution >= 4 is 21.5 Å². The summed E-state index contributed by atoms with van der Waals surface area (Å²) in [5.41, 5.74) is 11.9. The highest BCUT2D eigenvalue weighted by molar-refractivity contribution is 7.89. The molecule has 2 heterocycles. The third-order valence-electron chi connectivity index (χ3n) is 6.68. The van der Waals surface area contributed by atoms with Crippen molar-refractivity contribution in [2.75, 3.05) is 5.73 Å². The number of nitrogens with zero attached hydrogens (tertiary/aromatic N) is 3. The number of aliphatic hydroxyl groups is 1. The zero-order valence-corrected chi connectivity index (χ0v) is 20.6. The van der Waals surface area contributed by atoms with E-state index in [-0.39, 0.29) is 17.0 Å². The van der Waals surface area contributed by atoms with Crippen LogP contribution in [-0.2, 0) is 10.0 Å². The fourth-order valence-electron chi connectivity index (χ4n) is 4.60. The fourth-order valence-corrected chi connectivity index (χ4v) is 5.93. The minimum atomic E-state index is -3.72. The molecule has 0 aliphatic heterocycles. The molecule has 2 aromatic heterocycles. The number of nitrogens with one attached hydrogen (secondary N) is 1. The predicted molar refractivity (Wildman–Crippen MR) is 136 cm³/mol. The fraction of sp³-hybridized carbons (Fsp3) is 0.308. The van der Waals surface area contributed by atoms with Gasteiger partial charge in [0.25, 0.3) is 0 Å². The maximum atomic E-state index is 13.2. The van der Waals surface area contributed by atoms with E-state index >= 15 is 0 Å². The van der Waals surface area contributed by atoms with Crippen molar-refractivity contribution in [1.29, 1.82) is 0 Å². The van der Waals surface area contributed by atoms with Gasteiger partial charge in [-0.05, 0) is 57.2 Å². The molecule has 0 bridgehead atoms. The van der Waals surface area contributed by atoms with E-state index in [0.717, 1.165) is 27.9 Å². The number of aromatic nitrogens is 3. The topological polar surface area (TPSA) is 123 Å². The van der Waals surface area contributed by atoms with Gasteiger partial charge in [-0.25, -0.2) is 23.1 Å². The summed E-state index contributed by atoms with van der Waals surface area (Å²) in [6, 6.07) is 13.0. The molecule has 1 fully saturated rings. The number of nitrogen functional groups attached to an aromatic ring is 1. The summed E-state index contributed by atoms with van der Waals surface area (Å²) in [7, 11) is -3.72. The van der Waals surface area contributed by atoms with E-state index in [2.05, 4.69) is 14.7 Å². The minimum absolute atomic E-state index is 0.174. The lowest BCUT2D eigenvalue weighted by Gasteiger charge is -2.26. The summed E-state index contributed by atoms with van der Waals surface area (Å²) in [6.45, 7) is 3.96. The van der Waals surface area contributed by atoms with Crippen molar-refractivity contribution in [1.82, 2.24) is 19.1 Å². The van der Waals surface area contributed by atoms with E-state index in [1.54, 1.807) is 24.4 Å². The lowest BCUT2D eigenvalue weighted by molar-refractivity contribution is 0.120. The van der Waals surface area contributed by atoms with Crippen LogP contribution in [-0.4, -0.2) is 40.0 Å². The Labute approximate surface area is 204 Å². The molecule has 0 saturated heterocycles. The van der Waals surface area contributed by atoms with Gasteiger partial charge in [0, 0.05) is 23.4 Å². The number of aryl methyl sites for hydroxylation is 2. The van der Waals surface area contributed by atoms with Gasteiger partial charge in [-0.2, -0.15) is 0 Å². The molecule has 1 aliphatic rings. The second-order valence-electron chi connectivity index (χ2n) is 9.32. The number of benzene rings is 2. The van der Waals surface area contributed by atoms with Crippen molar-refractivity contribution < 1.29 is 13.5 Å². The van der Waals surface area contributed by atoms with Crippen molar-refractivity contribution in [2.24, 2.45) is 0 Å². The average Bonchev–Trinajstić information content (AvgIpc) is 3.25. The quantitative estimate of drug-likeness (QED) is 0.390. The molecule has 5 rings (SSSR count). The second kappa shape index (κ2) is 9.07. The Morgan fingerprint density at radius 1 is 1.06 bits per heavy atom. The molecule has 4 aromatic rings. The number of aliphatic hydroxyl groups excluding tert-OH is 1. The SMILES string of the molecule is Cc1ccc(-c2cn3c(-c4cc(S(=O)(=O)N[C@H]5CC[C@H](O)CC5)ccc4C)cnc3c(N)n2)cc1. The number of nitrogens with two attached hydrogens (primary N) is 1. The van der Waals surface area contributed by atoms with Crippen LogP contribution in [0.3, 0.4) is 0 Å².